The molecule has 1 heterocycles. The van der Waals surface area contributed by atoms with Gasteiger partial charge in [0.05, 0.1) is 23.8 Å². The highest BCUT2D eigenvalue weighted by atomic mass is 16.5. The Labute approximate surface area is 121 Å². The Hall–Kier alpha value is -1.60. The molecule has 0 saturated heterocycles. The molecule has 0 aromatic carbocycles. The molecule has 1 aromatic heterocycles. The smallest absolute Gasteiger partial charge is 0.142 e. The number of pyridine rings is 1. The fraction of sp³-hybridized carbons (Fsp3) is 0.625. The molecular formula is C16H23N3O. The molecule has 0 unspecified atom stereocenters. The first-order chi connectivity index (χ1) is 9.50. The molecule has 4 nitrogen and oxygen atoms in total. The highest BCUT2D eigenvalue weighted by molar-refractivity contribution is 5.29. The largest absolute Gasteiger partial charge is 0.492 e. The van der Waals surface area contributed by atoms with Crippen molar-refractivity contribution in [1.82, 2.24) is 10.3 Å². The van der Waals surface area contributed by atoms with Crippen molar-refractivity contribution >= 4 is 0 Å². The van der Waals surface area contributed by atoms with Crippen LogP contribution in [0.3, 0.4) is 0 Å². The predicted molar refractivity (Wildman–Crippen MR) is 78.3 cm³/mol. The van der Waals surface area contributed by atoms with Crippen molar-refractivity contribution < 1.29 is 4.74 Å². The number of nitriles is 1. The Kier molecular flexibility index (Phi) is 4.61. The number of hydrogen-bond acceptors (Lipinski definition) is 4. The molecule has 0 spiro atoms. The lowest BCUT2D eigenvalue weighted by atomic mass is 9.92. The van der Waals surface area contributed by atoms with Crippen LogP contribution in [0.1, 0.15) is 44.5 Å². The first-order valence-corrected chi connectivity index (χ1v) is 7.24. The Morgan fingerprint density at radius 3 is 2.85 bits per heavy atom. The number of aromatic nitrogens is 1. The van der Waals surface area contributed by atoms with E-state index < -0.39 is 0 Å². The van der Waals surface area contributed by atoms with Gasteiger partial charge in [0.1, 0.15) is 5.75 Å². The van der Waals surface area contributed by atoms with E-state index in [1.54, 1.807) is 0 Å². The molecule has 0 radical (unpaired) electrons. The molecule has 1 aromatic rings. The van der Waals surface area contributed by atoms with Crippen LogP contribution in [0, 0.1) is 23.7 Å². The van der Waals surface area contributed by atoms with E-state index in [2.05, 4.69) is 16.4 Å². The summed E-state index contributed by atoms with van der Waals surface area (Å²) in [5, 5.41) is 12.5. The molecular weight excluding hydrogens is 250 g/mol. The number of hydrogen-bond donors (Lipinski definition) is 1. The van der Waals surface area contributed by atoms with Crippen molar-refractivity contribution in [3.63, 3.8) is 0 Å². The summed E-state index contributed by atoms with van der Waals surface area (Å²) in [5.41, 5.74) is 1.62. The maximum Gasteiger partial charge on any atom is 0.142 e. The molecule has 20 heavy (non-hydrogen) atoms. The maximum atomic E-state index is 9.01. The minimum absolute atomic E-state index is 0.343. The summed E-state index contributed by atoms with van der Waals surface area (Å²) in [7, 11) is 0. The van der Waals surface area contributed by atoms with Crippen LogP contribution in [0.25, 0.3) is 0 Å². The van der Waals surface area contributed by atoms with Crippen LogP contribution < -0.4 is 10.1 Å². The molecule has 0 amide bonds. The molecule has 4 heteroatoms. The Morgan fingerprint density at radius 1 is 1.45 bits per heavy atom. The first-order valence-electron chi connectivity index (χ1n) is 7.24. The lowest BCUT2D eigenvalue weighted by Gasteiger charge is -2.17. The van der Waals surface area contributed by atoms with Crippen LogP contribution in [0.4, 0.5) is 0 Å². The predicted octanol–water partition coefficient (Wildman–Crippen LogP) is 2.96. The summed E-state index contributed by atoms with van der Waals surface area (Å²) < 4.78 is 5.83. The Bertz CT molecular complexity index is 501. The fourth-order valence-electron chi connectivity index (χ4n) is 1.86. The molecule has 0 aliphatic heterocycles. The van der Waals surface area contributed by atoms with Crippen LogP contribution in [0.5, 0.6) is 5.75 Å². The average Bonchev–Trinajstić information content (AvgIpc) is 3.22. The summed E-state index contributed by atoms with van der Waals surface area (Å²) >= 11 is 0. The van der Waals surface area contributed by atoms with Crippen LogP contribution in [-0.4, -0.2) is 17.6 Å². The third-order valence-electron chi connectivity index (χ3n) is 3.49. The van der Waals surface area contributed by atoms with Gasteiger partial charge in [-0.25, -0.2) is 0 Å². The third kappa shape index (κ3) is 4.50. The maximum absolute atomic E-state index is 9.01. The van der Waals surface area contributed by atoms with E-state index in [1.165, 1.54) is 12.8 Å². The van der Waals surface area contributed by atoms with E-state index >= 15 is 0 Å². The van der Waals surface area contributed by atoms with Crippen LogP contribution >= 0.6 is 0 Å². The Balaban J connectivity index is 1.93. The second-order valence-corrected chi connectivity index (χ2v) is 6.15. The Morgan fingerprint density at radius 2 is 2.20 bits per heavy atom. The number of rotatable bonds is 7. The molecule has 1 aliphatic rings. The highest BCUT2D eigenvalue weighted by Crippen LogP contribution is 2.23. The van der Waals surface area contributed by atoms with E-state index in [9.17, 15) is 0 Å². The summed E-state index contributed by atoms with van der Waals surface area (Å²) in [5.74, 6) is 0.831. The fourth-order valence-corrected chi connectivity index (χ4v) is 1.86. The quantitative estimate of drug-likeness (QED) is 0.829. The molecule has 1 aliphatic carbocycles. The zero-order valence-corrected chi connectivity index (χ0v) is 12.6. The normalized spacial score (nSPS) is 14.9. The van der Waals surface area contributed by atoms with Gasteiger partial charge in [0.2, 0.25) is 0 Å². The molecule has 0 bridgehead atoms. The van der Waals surface area contributed by atoms with Gasteiger partial charge in [0.15, 0.2) is 0 Å². The molecule has 1 fully saturated rings. The van der Waals surface area contributed by atoms with Gasteiger partial charge in [-0.15, -0.1) is 0 Å². The minimum Gasteiger partial charge on any atom is -0.492 e. The number of ether oxygens (including phenoxy) is 1. The summed E-state index contributed by atoms with van der Waals surface area (Å²) in [6.45, 7) is 7.15. The van der Waals surface area contributed by atoms with Crippen LogP contribution in [-0.2, 0) is 6.54 Å². The van der Waals surface area contributed by atoms with Crippen molar-refractivity contribution in [3.8, 4) is 11.8 Å². The molecule has 1 N–H and O–H groups in total. The SMILES string of the molecule is Cc1ccc(OCCC(C)(C)C#N)c(CNC2CC2)n1. The van der Waals surface area contributed by atoms with E-state index in [0.717, 1.165) is 23.7 Å². The van der Waals surface area contributed by atoms with Gasteiger partial charge in [0.25, 0.3) is 0 Å². The standard InChI is InChI=1S/C16H23N3O/c1-12-4-7-15(20-9-8-16(2,3)11-17)14(19-12)10-18-13-5-6-13/h4,7,13,18H,5-6,8-10H2,1-3H3. The van der Waals surface area contributed by atoms with Gasteiger partial charge in [-0.2, -0.15) is 5.26 Å². The van der Waals surface area contributed by atoms with E-state index in [-0.39, 0.29) is 5.41 Å². The minimum atomic E-state index is -0.343. The monoisotopic (exact) mass is 273 g/mol. The van der Waals surface area contributed by atoms with Gasteiger partial charge in [-0.3, -0.25) is 4.98 Å². The van der Waals surface area contributed by atoms with Crippen molar-refractivity contribution in [2.24, 2.45) is 5.41 Å². The van der Waals surface area contributed by atoms with Crippen molar-refractivity contribution in [3.05, 3.63) is 23.5 Å². The van der Waals surface area contributed by atoms with Gasteiger partial charge in [-0.05, 0) is 52.2 Å². The van der Waals surface area contributed by atoms with Crippen LogP contribution in [0.15, 0.2) is 12.1 Å². The number of nitrogens with one attached hydrogen (secondary N) is 1. The zero-order valence-electron chi connectivity index (χ0n) is 12.6. The second kappa shape index (κ2) is 6.23. The summed E-state index contributed by atoms with van der Waals surface area (Å²) in [4.78, 5) is 4.56. The molecule has 108 valence electrons. The summed E-state index contributed by atoms with van der Waals surface area (Å²) in [6.07, 6.45) is 3.24. The lowest BCUT2D eigenvalue weighted by molar-refractivity contribution is 0.260. The van der Waals surface area contributed by atoms with Gasteiger partial charge < -0.3 is 10.1 Å². The first kappa shape index (κ1) is 14.8. The number of nitrogens with zero attached hydrogens (tertiary/aromatic N) is 2. The second-order valence-electron chi connectivity index (χ2n) is 6.15. The van der Waals surface area contributed by atoms with E-state index in [1.807, 2.05) is 32.9 Å². The van der Waals surface area contributed by atoms with Gasteiger partial charge in [0, 0.05) is 18.3 Å². The molecule has 2 rings (SSSR count). The topological polar surface area (TPSA) is 57.9 Å². The van der Waals surface area contributed by atoms with Gasteiger partial charge in [-0.1, -0.05) is 0 Å². The lowest BCUT2D eigenvalue weighted by Crippen LogP contribution is -2.18. The number of aryl methyl sites for hydroxylation is 1. The van der Waals surface area contributed by atoms with Crippen molar-refractivity contribution in [2.45, 2.75) is 52.6 Å². The third-order valence-corrected chi connectivity index (χ3v) is 3.49. The molecule has 0 atom stereocenters. The molecule has 1 saturated carbocycles. The van der Waals surface area contributed by atoms with Crippen molar-refractivity contribution in [2.75, 3.05) is 6.61 Å². The zero-order chi connectivity index (χ0) is 14.6. The van der Waals surface area contributed by atoms with Crippen molar-refractivity contribution in [1.29, 1.82) is 5.26 Å². The van der Waals surface area contributed by atoms with Gasteiger partial charge >= 0.3 is 0 Å². The van der Waals surface area contributed by atoms with Crippen LogP contribution in [0.2, 0.25) is 0 Å². The average molecular weight is 273 g/mol. The highest BCUT2D eigenvalue weighted by Gasteiger charge is 2.21. The van der Waals surface area contributed by atoms with E-state index in [0.29, 0.717) is 19.1 Å². The summed E-state index contributed by atoms with van der Waals surface area (Å²) in [6, 6.07) is 6.89. The van der Waals surface area contributed by atoms with E-state index in [4.69, 9.17) is 10.00 Å².